The van der Waals surface area contributed by atoms with E-state index in [1.165, 1.54) is 0 Å². The number of hydrogen-bond donors (Lipinski definition) is 0. The molecule has 0 saturated carbocycles. The fourth-order valence-corrected chi connectivity index (χ4v) is 8.11. The monoisotopic (exact) mass is 805 g/mol. The van der Waals surface area contributed by atoms with Crippen LogP contribution in [0.1, 0.15) is 5.56 Å². The Morgan fingerprint density at radius 3 is 1.21 bits per heavy atom. The summed E-state index contributed by atoms with van der Waals surface area (Å²) in [5, 5.41) is 11.5. The molecule has 0 N–H and O–H groups in total. The molecule has 0 aliphatic carbocycles. The molecule has 3 heterocycles. The molecular formula is C57H35N5O. The molecule has 0 amide bonds. The van der Waals surface area contributed by atoms with Crippen LogP contribution < -0.4 is 0 Å². The summed E-state index contributed by atoms with van der Waals surface area (Å²) in [4.78, 5) is 20.7. The highest BCUT2D eigenvalue weighted by Gasteiger charge is 2.18. The maximum Gasteiger partial charge on any atom is 0.160 e. The molecule has 6 nitrogen and oxygen atoms in total. The minimum absolute atomic E-state index is 0.556. The molecule has 63 heavy (non-hydrogen) atoms. The third-order valence-corrected chi connectivity index (χ3v) is 11.3. The lowest BCUT2D eigenvalue weighted by Crippen LogP contribution is -1.98. The van der Waals surface area contributed by atoms with Crippen LogP contribution in [0, 0.1) is 11.3 Å². The maximum absolute atomic E-state index is 9.58. The highest BCUT2D eigenvalue weighted by molar-refractivity contribution is 6.06. The summed E-state index contributed by atoms with van der Waals surface area (Å²) in [5.74, 6) is 1.26. The summed E-state index contributed by atoms with van der Waals surface area (Å²) in [6.07, 6.45) is 0. The highest BCUT2D eigenvalue weighted by atomic mass is 16.3. The van der Waals surface area contributed by atoms with Crippen LogP contribution in [0.15, 0.2) is 217 Å². The van der Waals surface area contributed by atoms with E-state index in [0.29, 0.717) is 22.8 Å². The molecule has 0 fully saturated rings. The van der Waals surface area contributed by atoms with Crippen LogP contribution in [-0.2, 0) is 0 Å². The molecule has 0 radical (unpaired) electrons. The predicted molar refractivity (Wildman–Crippen MR) is 253 cm³/mol. The lowest BCUT2D eigenvalue weighted by molar-refractivity contribution is 0.669. The van der Waals surface area contributed by atoms with E-state index in [4.69, 9.17) is 24.4 Å². The van der Waals surface area contributed by atoms with E-state index < -0.39 is 0 Å². The molecular weight excluding hydrogens is 771 g/mol. The van der Waals surface area contributed by atoms with Gasteiger partial charge >= 0.3 is 0 Å². The summed E-state index contributed by atoms with van der Waals surface area (Å²) >= 11 is 0. The summed E-state index contributed by atoms with van der Waals surface area (Å²) in [6, 6.07) is 74.1. The van der Waals surface area contributed by atoms with Crippen LogP contribution in [-0.4, -0.2) is 19.9 Å². The topological polar surface area (TPSA) is 88.5 Å². The van der Waals surface area contributed by atoms with Crippen LogP contribution in [0.4, 0.5) is 0 Å². The average molecular weight is 806 g/mol. The van der Waals surface area contributed by atoms with Crippen LogP contribution in [0.3, 0.4) is 0 Å². The Hall–Kier alpha value is -8.79. The molecule has 11 rings (SSSR count). The number of rotatable bonds is 8. The molecule has 0 atom stereocenters. The zero-order valence-corrected chi connectivity index (χ0v) is 33.9. The third kappa shape index (κ3) is 7.41. The molecule has 0 spiro atoms. The first-order valence-electron chi connectivity index (χ1n) is 20.7. The van der Waals surface area contributed by atoms with Crippen LogP contribution in [0.2, 0.25) is 0 Å². The predicted octanol–water partition coefficient (Wildman–Crippen LogP) is 14.4. The molecule has 0 unspecified atom stereocenters. The molecule has 0 saturated heterocycles. The van der Waals surface area contributed by atoms with Gasteiger partial charge in [0.2, 0.25) is 0 Å². The van der Waals surface area contributed by atoms with Gasteiger partial charge in [-0.15, -0.1) is 0 Å². The smallest absolute Gasteiger partial charge is 0.160 e. The number of aromatic nitrogens is 4. The molecule has 0 aliphatic heterocycles. The quantitative estimate of drug-likeness (QED) is 0.152. The Kier molecular flexibility index (Phi) is 9.45. The Morgan fingerprint density at radius 1 is 0.302 bits per heavy atom. The Labute approximate surface area is 364 Å². The van der Waals surface area contributed by atoms with Gasteiger partial charge < -0.3 is 4.42 Å². The lowest BCUT2D eigenvalue weighted by atomic mass is 9.95. The standard InChI is InChI=1S/C57H35N5O/c58-36-37-21-27-48-49-28-26-44(33-55(49)63-54(48)29-37)45-30-46(52-34-50(40-15-7-2-8-16-40)59-56(61-52)42-17-9-3-10-18-42)32-47(31-45)53-35-51(60-57(62-53)43-19-11-4-12-20-43)41-24-22-39(23-25-41)38-13-5-1-6-14-38/h1-35H. The van der Waals surface area contributed by atoms with Gasteiger partial charge in [0, 0.05) is 44.2 Å². The normalized spacial score (nSPS) is 11.2. The van der Waals surface area contributed by atoms with E-state index in [0.717, 1.165) is 94.8 Å². The van der Waals surface area contributed by atoms with Gasteiger partial charge in [-0.25, -0.2) is 19.9 Å². The first-order valence-corrected chi connectivity index (χ1v) is 20.7. The second-order valence-corrected chi connectivity index (χ2v) is 15.4. The summed E-state index contributed by atoms with van der Waals surface area (Å²) in [5.41, 5.74) is 15.0. The van der Waals surface area contributed by atoms with Gasteiger partial charge in [-0.3, -0.25) is 0 Å². The molecule has 0 aliphatic rings. The summed E-state index contributed by atoms with van der Waals surface area (Å²) in [6.45, 7) is 0. The van der Waals surface area contributed by atoms with Gasteiger partial charge in [0.25, 0.3) is 0 Å². The van der Waals surface area contributed by atoms with Crippen molar-refractivity contribution in [2.24, 2.45) is 0 Å². The van der Waals surface area contributed by atoms with E-state index in [1.807, 2.05) is 97.1 Å². The highest BCUT2D eigenvalue weighted by Crippen LogP contribution is 2.38. The van der Waals surface area contributed by atoms with Gasteiger partial charge in [-0.1, -0.05) is 152 Å². The first kappa shape index (κ1) is 37.2. The SMILES string of the molecule is N#Cc1ccc2c(c1)oc1cc(-c3cc(-c4cc(-c5ccccc5)nc(-c5ccccc5)n4)cc(-c4cc(-c5ccc(-c6ccccc6)cc5)nc(-c5ccccc5)n4)c3)ccc12. The fourth-order valence-electron chi connectivity index (χ4n) is 8.11. The van der Waals surface area contributed by atoms with Crippen molar-refractivity contribution in [1.82, 2.24) is 19.9 Å². The van der Waals surface area contributed by atoms with Crippen molar-refractivity contribution >= 4 is 21.9 Å². The van der Waals surface area contributed by atoms with Crippen molar-refractivity contribution in [3.05, 3.63) is 218 Å². The van der Waals surface area contributed by atoms with Crippen molar-refractivity contribution in [2.45, 2.75) is 0 Å². The first-order chi connectivity index (χ1) is 31.1. The Bertz CT molecular complexity index is 3430. The number of nitriles is 1. The zero-order valence-electron chi connectivity index (χ0n) is 33.9. The van der Waals surface area contributed by atoms with E-state index in [9.17, 15) is 5.26 Å². The number of furan rings is 1. The Morgan fingerprint density at radius 2 is 0.683 bits per heavy atom. The second-order valence-electron chi connectivity index (χ2n) is 15.4. The van der Waals surface area contributed by atoms with Crippen molar-refractivity contribution in [3.63, 3.8) is 0 Å². The van der Waals surface area contributed by atoms with Crippen LogP contribution in [0.5, 0.6) is 0 Å². The van der Waals surface area contributed by atoms with Gasteiger partial charge in [-0.05, 0) is 82.9 Å². The number of hydrogen-bond acceptors (Lipinski definition) is 6. The van der Waals surface area contributed by atoms with Gasteiger partial charge in [0.15, 0.2) is 11.6 Å². The van der Waals surface area contributed by atoms with Crippen LogP contribution in [0.25, 0.3) is 112 Å². The minimum atomic E-state index is 0.556. The van der Waals surface area contributed by atoms with Crippen molar-refractivity contribution in [1.29, 1.82) is 5.26 Å². The van der Waals surface area contributed by atoms with Gasteiger partial charge in [-0.2, -0.15) is 5.26 Å². The molecule has 11 aromatic rings. The molecule has 8 aromatic carbocycles. The molecule has 6 heteroatoms. The Balaban J connectivity index is 1.12. The van der Waals surface area contributed by atoms with Crippen molar-refractivity contribution < 1.29 is 4.42 Å². The van der Waals surface area contributed by atoms with Crippen molar-refractivity contribution in [3.8, 4) is 96.1 Å². The fraction of sp³-hybridized carbons (Fsp3) is 0. The van der Waals surface area contributed by atoms with E-state index in [2.05, 4.69) is 115 Å². The summed E-state index contributed by atoms with van der Waals surface area (Å²) < 4.78 is 6.39. The van der Waals surface area contributed by atoms with E-state index >= 15 is 0 Å². The van der Waals surface area contributed by atoms with Gasteiger partial charge in [0.05, 0.1) is 34.4 Å². The summed E-state index contributed by atoms with van der Waals surface area (Å²) in [7, 11) is 0. The van der Waals surface area contributed by atoms with E-state index in [-0.39, 0.29) is 0 Å². The molecule has 0 bridgehead atoms. The molecule has 3 aromatic heterocycles. The van der Waals surface area contributed by atoms with Crippen molar-refractivity contribution in [2.75, 3.05) is 0 Å². The maximum atomic E-state index is 9.58. The second kappa shape index (κ2) is 16.0. The third-order valence-electron chi connectivity index (χ3n) is 11.3. The van der Waals surface area contributed by atoms with Crippen LogP contribution >= 0.6 is 0 Å². The average Bonchev–Trinajstić information content (AvgIpc) is 3.74. The number of nitrogens with zero attached hydrogens (tertiary/aromatic N) is 5. The number of fused-ring (bicyclic) bond motifs is 3. The largest absolute Gasteiger partial charge is 0.456 e. The molecule has 294 valence electrons. The minimum Gasteiger partial charge on any atom is -0.456 e. The lowest BCUT2D eigenvalue weighted by Gasteiger charge is -2.14. The number of benzene rings is 8. The van der Waals surface area contributed by atoms with Gasteiger partial charge in [0.1, 0.15) is 11.2 Å². The van der Waals surface area contributed by atoms with E-state index in [1.54, 1.807) is 6.07 Å². The zero-order chi connectivity index (χ0) is 42.1.